The Labute approximate surface area is 298 Å². The van der Waals surface area contributed by atoms with Crippen LogP contribution in [0.5, 0.6) is 0 Å². The zero-order valence-electron chi connectivity index (χ0n) is 29.1. The molecule has 1 aromatic heterocycles. The number of amides is 3. The summed E-state index contributed by atoms with van der Waals surface area (Å²) in [6.07, 6.45) is 5.98. The largest absolute Gasteiger partial charge is 0.370 e. The van der Waals surface area contributed by atoms with E-state index in [2.05, 4.69) is 15.6 Å². The Kier molecular flexibility index (Phi) is 13.4. The van der Waals surface area contributed by atoms with Gasteiger partial charge in [0.25, 0.3) is 0 Å². The minimum atomic E-state index is -1.09. The summed E-state index contributed by atoms with van der Waals surface area (Å²) in [7, 11) is 3.06. The summed E-state index contributed by atoms with van der Waals surface area (Å²) in [5.74, 6) is -3.37. The van der Waals surface area contributed by atoms with E-state index < -0.39 is 35.5 Å². The quantitative estimate of drug-likeness (QED) is 0.178. The van der Waals surface area contributed by atoms with Gasteiger partial charge in [-0.25, -0.2) is 8.78 Å². The Morgan fingerprint density at radius 3 is 2.22 bits per heavy atom. The predicted octanol–water partition coefficient (Wildman–Crippen LogP) is 4.59. The summed E-state index contributed by atoms with van der Waals surface area (Å²) >= 11 is 0. The third-order valence-electron chi connectivity index (χ3n) is 9.34. The lowest BCUT2D eigenvalue weighted by molar-refractivity contribution is -0.149. The number of rotatable bonds is 16. The minimum absolute atomic E-state index is 0.0752. The molecule has 0 unspecified atom stereocenters. The molecule has 0 radical (unpaired) electrons. The fourth-order valence-electron chi connectivity index (χ4n) is 6.22. The van der Waals surface area contributed by atoms with Crippen molar-refractivity contribution >= 4 is 17.7 Å². The topological polar surface area (TPSA) is 104 Å². The van der Waals surface area contributed by atoms with E-state index in [-0.39, 0.29) is 37.9 Å². The van der Waals surface area contributed by atoms with Gasteiger partial charge < -0.3 is 25.2 Å². The molecule has 3 amide bonds. The van der Waals surface area contributed by atoms with E-state index in [9.17, 15) is 23.2 Å². The number of likely N-dealkylation sites (N-methyl/N-ethyl adjacent to an activating group) is 2. The molecule has 2 N–H and O–H groups in total. The van der Waals surface area contributed by atoms with Crippen LogP contribution >= 0.6 is 0 Å². The number of nitrogens with zero attached hydrogens (tertiary/aromatic N) is 3. The van der Waals surface area contributed by atoms with Gasteiger partial charge in [-0.15, -0.1) is 0 Å². The molecule has 1 fully saturated rings. The molecule has 0 spiro atoms. The first kappa shape index (κ1) is 37.3. The van der Waals surface area contributed by atoms with Crippen molar-refractivity contribution in [1.29, 1.82) is 0 Å². The number of nitrogens with one attached hydrogen (secondary N) is 2. The number of benzene rings is 3. The fraction of sp³-hybridized carbons (Fsp3) is 0.350. The molecule has 1 aliphatic rings. The van der Waals surface area contributed by atoms with Crippen molar-refractivity contribution in [2.24, 2.45) is 0 Å². The summed E-state index contributed by atoms with van der Waals surface area (Å²) in [5, 5.41) is 6.24. The van der Waals surface area contributed by atoms with Gasteiger partial charge in [0.15, 0.2) is 11.6 Å². The van der Waals surface area contributed by atoms with Crippen LogP contribution in [-0.4, -0.2) is 91.0 Å². The van der Waals surface area contributed by atoms with E-state index in [1.807, 2.05) is 66.7 Å². The van der Waals surface area contributed by atoms with Crippen LogP contribution in [0.2, 0.25) is 0 Å². The molecule has 2 heterocycles. The number of carbonyl (C=O) groups excluding carboxylic acids is 3. The highest BCUT2D eigenvalue weighted by Gasteiger charge is 2.35. The maximum absolute atomic E-state index is 14.5. The van der Waals surface area contributed by atoms with Crippen molar-refractivity contribution in [3.8, 4) is 11.1 Å². The van der Waals surface area contributed by atoms with Gasteiger partial charge in [0.05, 0.1) is 6.61 Å². The lowest BCUT2D eigenvalue weighted by Crippen LogP contribution is -2.56. The Morgan fingerprint density at radius 2 is 1.53 bits per heavy atom. The summed E-state index contributed by atoms with van der Waals surface area (Å²) in [6.45, 7) is 1.37. The molecule has 3 atom stereocenters. The summed E-state index contributed by atoms with van der Waals surface area (Å²) in [5.41, 5.74) is 4.18. The molecule has 0 bridgehead atoms. The summed E-state index contributed by atoms with van der Waals surface area (Å²) in [6, 6.07) is 22.9. The van der Waals surface area contributed by atoms with Crippen LogP contribution in [0.1, 0.15) is 29.5 Å². The number of aromatic nitrogens is 1. The van der Waals surface area contributed by atoms with E-state index in [1.54, 1.807) is 19.4 Å². The number of pyridine rings is 1. The lowest BCUT2D eigenvalue weighted by atomic mass is 9.98. The van der Waals surface area contributed by atoms with E-state index in [0.717, 1.165) is 53.8 Å². The number of carbonyl (C=O) groups is 3. The molecule has 268 valence electrons. The number of hydrogen-bond acceptors (Lipinski definition) is 6. The number of ether oxygens (including phenoxy) is 1. The fourth-order valence-corrected chi connectivity index (χ4v) is 6.22. The first-order valence-corrected chi connectivity index (χ1v) is 17.3. The van der Waals surface area contributed by atoms with Crippen LogP contribution in [0, 0.1) is 11.6 Å². The molecule has 1 saturated heterocycles. The lowest BCUT2D eigenvalue weighted by Gasteiger charge is -2.34. The van der Waals surface area contributed by atoms with E-state index in [4.69, 9.17) is 4.74 Å². The highest BCUT2D eigenvalue weighted by Crippen LogP contribution is 2.22. The zero-order chi connectivity index (χ0) is 36.2. The molecule has 3 aromatic carbocycles. The molecule has 1 aliphatic heterocycles. The molecule has 0 saturated carbocycles. The average molecular weight is 698 g/mol. The molecule has 9 nitrogen and oxygen atoms in total. The van der Waals surface area contributed by atoms with Gasteiger partial charge in [0.1, 0.15) is 18.7 Å². The second kappa shape index (κ2) is 18.3. The SMILES string of the molecule is CN(C(=O)COC[C@H]1CCCN1)[C@H](Cc1ccc(-c2ccccc2)cc1)C(=O)N(C)[C@H](Cc1ccc(F)c(F)c1)C(=O)NCCc1ccncc1. The van der Waals surface area contributed by atoms with Crippen molar-refractivity contribution in [3.63, 3.8) is 0 Å². The highest BCUT2D eigenvalue weighted by molar-refractivity contribution is 5.92. The predicted molar refractivity (Wildman–Crippen MR) is 192 cm³/mol. The first-order chi connectivity index (χ1) is 24.7. The van der Waals surface area contributed by atoms with Gasteiger partial charge >= 0.3 is 0 Å². The van der Waals surface area contributed by atoms with Crippen molar-refractivity contribution in [3.05, 3.63) is 126 Å². The van der Waals surface area contributed by atoms with Crippen LogP contribution < -0.4 is 10.6 Å². The Morgan fingerprint density at radius 1 is 0.843 bits per heavy atom. The maximum Gasteiger partial charge on any atom is 0.249 e. The molecule has 0 aliphatic carbocycles. The second-order valence-corrected chi connectivity index (χ2v) is 12.9. The van der Waals surface area contributed by atoms with Crippen LogP contribution in [-0.2, 0) is 38.4 Å². The maximum atomic E-state index is 14.5. The van der Waals surface area contributed by atoms with Crippen LogP contribution in [0.25, 0.3) is 11.1 Å². The molecule has 51 heavy (non-hydrogen) atoms. The van der Waals surface area contributed by atoms with Gasteiger partial charge in [-0.2, -0.15) is 0 Å². The molecular weight excluding hydrogens is 652 g/mol. The summed E-state index contributed by atoms with van der Waals surface area (Å²) in [4.78, 5) is 48.4. The molecule has 11 heteroatoms. The summed E-state index contributed by atoms with van der Waals surface area (Å²) < 4.78 is 33.8. The van der Waals surface area contributed by atoms with Crippen molar-refractivity contribution in [1.82, 2.24) is 25.4 Å². The normalized spacial score (nSPS) is 15.2. The molecular formula is C40H45F2N5O4. The monoisotopic (exact) mass is 697 g/mol. The third-order valence-corrected chi connectivity index (χ3v) is 9.34. The van der Waals surface area contributed by atoms with Crippen molar-refractivity contribution in [2.45, 2.75) is 50.2 Å². The smallest absolute Gasteiger partial charge is 0.249 e. The van der Waals surface area contributed by atoms with Gasteiger partial charge in [0.2, 0.25) is 17.7 Å². The Hall–Kier alpha value is -5.00. The van der Waals surface area contributed by atoms with Crippen LogP contribution in [0.15, 0.2) is 97.3 Å². The Bertz CT molecular complexity index is 1740. The van der Waals surface area contributed by atoms with Crippen molar-refractivity contribution in [2.75, 3.05) is 40.4 Å². The van der Waals surface area contributed by atoms with E-state index in [0.29, 0.717) is 18.6 Å². The van der Waals surface area contributed by atoms with Gasteiger partial charge in [-0.3, -0.25) is 19.4 Å². The minimum Gasteiger partial charge on any atom is -0.370 e. The van der Waals surface area contributed by atoms with Gasteiger partial charge in [-0.1, -0.05) is 60.7 Å². The Balaban J connectivity index is 1.37. The highest BCUT2D eigenvalue weighted by atomic mass is 19.2. The average Bonchev–Trinajstić information content (AvgIpc) is 3.68. The standard InChI is InChI=1S/C40H45F2N5O4/c1-46(38(48)27-51-26-33-9-6-19-44-33)37(24-29-10-13-32(14-11-29)31-7-4-3-5-8-31)40(50)47(2)36(25-30-12-15-34(41)35(42)23-30)39(49)45-22-18-28-16-20-43-21-17-28/h3-5,7-8,10-17,20-21,23,33,36-37,44H,6,9,18-19,22,24-27H2,1-2H3,(H,45,49)/t33-,36-,37-/m1/s1. The van der Waals surface area contributed by atoms with E-state index in [1.165, 1.54) is 22.9 Å². The number of hydrogen-bond donors (Lipinski definition) is 2. The van der Waals surface area contributed by atoms with Crippen LogP contribution in [0.4, 0.5) is 8.78 Å². The zero-order valence-corrected chi connectivity index (χ0v) is 29.1. The van der Waals surface area contributed by atoms with Gasteiger partial charge in [-0.05, 0) is 77.9 Å². The van der Waals surface area contributed by atoms with Gasteiger partial charge in [0, 0.05) is 51.9 Å². The second-order valence-electron chi connectivity index (χ2n) is 12.9. The number of halogens is 2. The first-order valence-electron chi connectivity index (χ1n) is 17.3. The molecule has 4 aromatic rings. The van der Waals surface area contributed by atoms with Crippen LogP contribution in [0.3, 0.4) is 0 Å². The van der Waals surface area contributed by atoms with Crippen molar-refractivity contribution < 1.29 is 27.9 Å². The van der Waals surface area contributed by atoms with E-state index >= 15 is 0 Å². The third kappa shape index (κ3) is 10.5. The molecule has 5 rings (SSSR count).